The molecule has 0 aliphatic carbocycles. The van der Waals surface area contributed by atoms with Crippen LogP contribution in [0.25, 0.3) is 0 Å². The largest absolute Gasteiger partial charge is 0.392 e. The van der Waals surface area contributed by atoms with Gasteiger partial charge in [0, 0.05) is 9.50 Å². The highest BCUT2D eigenvalue weighted by Crippen LogP contribution is 2.21. The molecule has 0 aliphatic heterocycles. The topological polar surface area (TPSA) is 20.2 Å². The van der Waals surface area contributed by atoms with E-state index in [0.29, 0.717) is 17.9 Å². The standard InChI is InChI=1S/C15H13BrClFO/c16-15-5-4-13(18)8-11(15)9-14(19)7-10-2-1-3-12(17)6-10/h1-6,8,14,19H,7,9H2. The molecule has 19 heavy (non-hydrogen) atoms. The van der Waals surface area contributed by atoms with Crippen LogP contribution in [-0.2, 0) is 12.8 Å². The number of aliphatic hydroxyl groups excluding tert-OH is 1. The molecule has 0 aliphatic rings. The van der Waals surface area contributed by atoms with Crippen LogP contribution in [0.3, 0.4) is 0 Å². The van der Waals surface area contributed by atoms with E-state index in [-0.39, 0.29) is 5.82 Å². The Labute approximate surface area is 125 Å². The maximum absolute atomic E-state index is 13.2. The highest BCUT2D eigenvalue weighted by Gasteiger charge is 2.10. The van der Waals surface area contributed by atoms with Crippen molar-refractivity contribution >= 4 is 27.5 Å². The van der Waals surface area contributed by atoms with Gasteiger partial charge >= 0.3 is 0 Å². The number of aliphatic hydroxyl groups is 1. The van der Waals surface area contributed by atoms with Gasteiger partial charge in [0.15, 0.2) is 0 Å². The number of hydrogen-bond donors (Lipinski definition) is 1. The van der Waals surface area contributed by atoms with E-state index in [1.54, 1.807) is 12.1 Å². The van der Waals surface area contributed by atoms with Gasteiger partial charge in [0.25, 0.3) is 0 Å². The molecule has 1 unspecified atom stereocenters. The van der Waals surface area contributed by atoms with Gasteiger partial charge in [-0.3, -0.25) is 0 Å². The van der Waals surface area contributed by atoms with E-state index in [9.17, 15) is 9.50 Å². The maximum Gasteiger partial charge on any atom is 0.123 e. The zero-order chi connectivity index (χ0) is 13.8. The second kappa shape index (κ2) is 6.51. The molecule has 1 nitrogen and oxygen atoms in total. The van der Waals surface area contributed by atoms with Crippen molar-refractivity contribution in [3.8, 4) is 0 Å². The van der Waals surface area contributed by atoms with Gasteiger partial charge in [-0.2, -0.15) is 0 Å². The summed E-state index contributed by atoms with van der Waals surface area (Å²) in [4.78, 5) is 0. The first-order valence-electron chi connectivity index (χ1n) is 5.91. The lowest BCUT2D eigenvalue weighted by molar-refractivity contribution is 0.175. The van der Waals surface area contributed by atoms with Gasteiger partial charge in [0.2, 0.25) is 0 Å². The summed E-state index contributed by atoms with van der Waals surface area (Å²) in [5, 5.41) is 10.7. The highest BCUT2D eigenvalue weighted by atomic mass is 79.9. The summed E-state index contributed by atoms with van der Waals surface area (Å²) in [6.45, 7) is 0. The fraction of sp³-hybridized carbons (Fsp3) is 0.200. The molecule has 2 rings (SSSR count). The first-order valence-corrected chi connectivity index (χ1v) is 7.08. The Bertz CT molecular complexity index is 574. The summed E-state index contributed by atoms with van der Waals surface area (Å²) in [7, 11) is 0. The van der Waals surface area contributed by atoms with E-state index in [1.165, 1.54) is 12.1 Å². The SMILES string of the molecule is OC(Cc1cccc(Cl)c1)Cc1cc(F)ccc1Br. The molecular formula is C15H13BrClFO. The van der Waals surface area contributed by atoms with Crippen LogP contribution in [0.2, 0.25) is 5.02 Å². The Morgan fingerprint density at radius 1 is 1.16 bits per heavy atom. The molecule has 0 heterocycles. The van der Waals surface area contributed by atoms with Crippen molar-refractivity contribution in [3.05, 3.63) is 68.9 Å². The van der Waals surface area contributed by atoms with E-state index in [4.69, 9.17) is 11.6 Å². The summed E-state index contributed by atoms with van der Waals surface area (Å²) in [6.07, 6.45) is 0.311. The normalized spacial score (nSPS) is 12.4. The quantitative estimate of drug-likeness (QED) is 0.873. The first kappa shape index (κ1) is 14.5. The molecule has 100 valence electrons. The Balaban J connectivity index is 2.05. The van der Waals surface area contributed by atoms with Crippen molar-refractivity contribution in [2.24, 2.45) is 0 Å². The van der Waals surface area contributed by atoms with Crippen molar-refractivity contribution in [3.63, 3.8) is 0 Å². The van der Waals surface area contributed by atoms with Crippen molar-refractivity contribution in [1.82, 2.24) is 0 Å². The van der Waals surface area contributed by atoms with Gasteiger partial charge in [0.1, 0.15) is 5.82 Å². The minimum absolute atomic E-state index is 0.298. The van der Waals surface area contributed by atoms with Gasteiger partial charge in [-0.1, -0.05) is 39.7 Å². The summed E-state index contributed by atoms with van der Waals surface area (Å²) < 4.78 is 14.0. The number of hydrogen-bond acceptors (Lipinski definition) is 1. The Morgan fingerprint density at radius 2 is 1.95 bits per heavy atom. The molecular weight excluding hydrogens is 331 g/mol. The van der Waals surface area contributed by atoms with Crippen LogP contribution in [0.1, 0.15) is 11.1 Å². The number of benzene rings is 2. The molecule has 1 N–H and O–H groups in total. The third-order valence-electron chi connectivity index (χ3n) is 2.82. The zero-order valence-corrected chi connectivity index (χ0v) is 12.5. The molecule has 1 atom stereocenters. The van der Waals surface area contributed by atoms with Crippen molar-refractivity contribution in [2.75, 3.05) is 0 Å². The zero-order valence-electron chi connectivity index (χ0n) is 10.1. The molecule has 0 amide bonds. The van der Waals surface area contributed by atoms with Gasteiger partial charge < -0.3 is 5.11 Å². The van der Waals surface area contributed by atoms with Crippen molar-refractivity contribution in [1.29, 1.82) is 0 Å². The van der Waals surface area contributed by atoms with E-state index in [2.05, 4.69) is 15.9 Å². The fourth-order valence-electron chi connectivity index (χ4n) is 1.96. The van der Waals surface area contributed by atoms with Gasteiger partial charge in [-0.15, -0.1) is 0 Å². The molecule has 0 spiro atoms. The Morgan fingerprint density at radius 3 is 2.68 bits per heavy atom. The molecule has 0 fully saturated rings. The van der Waals surface area contributed by atoms with Crippen LogP contribution in [-0.4, -0.2) is 11.2 Å². The van der Waals surface area contributed by atoms with Crippen LogP contribution in [0, 0.1) is 5.82 Å². The van der Waals surface area contributed by atoms with E-state index in [1.807, 2.05) is 18.2 Å². The van der Waals surface area contributed by atoms with Crippen molar-refractivity contribution < 1.29 is 9.50 Å². The van der Waals surface area contributed by atoms with Crippen molar-refractivity contribution in [2.45, 2.75) is 18.9 Å². The minimum atomic E-state index is -0.573. The third kappa shape index (κ3) is 4.30. The molecule has 0 saturated carbocycles. The average Bonchev–Trinajstić information content (AvgIpc) is 2.34. The van der Waals surface area contributed by atoms with Gasteiger partial charge in [-0.25, -0.2) is 4.39 Å². The lowest BCUT2D eigenvalue weighted by Crippen LogP contribution is -2.14. The molecule has 2 aromatic rings. The van der Waals surface area contributed by atoms with Gasteiger partial charge in [0.05, 0.1) is 6.10 Å². The maximum atomic E-state index is 13.2. The fourth-order valence-corrected chi connectivity index (χ4v) is 2.58. The monoisotopic (exact) mass is 342 g/mol. The minimum Gasteiger partial charge on any atom is -0.392 e. The summed E-state index contributed by atoms with van der Waals surface area (Å²) in [5.41, 5.74) is 1.72. The van der Waals surface area contributed by atoms with Crippen LogP contribution >= 0.6 is 27.5 Å². The Hall–Kier alpha value is -0.900. The number of rotatable bonds is 4. The predicted octanol–water partition coefficient (Wildman–Crippen LogP) is 4.39. The van der Waals surface area contributed by atoms with E-state index < -0.39 is 6.10 Å². The van der Waals surface area contributed by atoms with Crippen LogP contribution in [0.5, 0.6) is 0 Å². The van der Waals surface area contributed by atoms with Crippen LogP contribution < -0.4 is 0 Å². The average molecular weight is 344 g/mol. The summed E-state index contributed by atoms with van der Waals surface area (Å²) >= 11 is 9.25. The second-order valence-corrected chi connectivity index (χ2v) is 5.72. The molecule has 0 aromatic heterocycles. The lowest BCUT2D eigenvalue weighted by atomic mass is 10.0. The van der Waals surface area contributed by atoms with Crippen LogP contribution in [0.15, 0.2) is 46.9 Å². The highest BCUT2D eigenvalue weighted by molar-refractivity contribution is 9.10. The molecule has 0 bridgehead atoms. The summed E-state index contributed by atoms with van der Waals surface area (Å²) in [5.74, 6) is -0.298. The molecule has 0 radical (unpaired) electrons. The first-order chi connectivity index (χ1) is 9.04. The molecule has 0 saturated heterocycles. The van der Waals surface area contributed by atoms with E-state index >= 15 is 0 Å². The lowest BCUT2D eigenvalue weighted by Gasteiger charge is -2.12. The third-order valence-corrected chi connectivity index (χ3v) is 3.83. The number of halogens is 3. The molecule has 4 heteroatoms. The van der Waals surface area contributed by atoms with Crippen LogP contribution in [0.4, 0.5) is 4.39 Å². The van der Waals surface area contributed by atoms with Gasteiger partial charge in [-0.05, 0) is 54.3 Å². The van der Waals surface area contributed by atoms with E-state index in [0.717, 1.165) is 15.6 Å². The summed E-state index contributed by atoms with van der Waals surface area (Å²) in [6, 6.07) is 11.9. The Kier molecular flexibility index (Phi) is 4.97. The smallest absolute Gasteiger partial charge is 0.123 e. The second-order valence-electron chi connectivity index (χ2n) is 4.43. The molecule has 2 aromatic carbocycles. The predicted molar refractivity (Wildman–Crippen MR) is 79.0 cm³/mol.